The molecule has 1 saturated heterocycles. The van der Waals surface area contributed by atoms with Gasteiger partial charge in [-0.1, -0.05) is 38.5 Å². The molecule has 2 aliphatic carbocycles. The summed E-state index contributed by atoms with van der Waals surface area (Å²) in [5.41, 5.74) is 7.43. The van der Waals surface area contributed by atoms with E-state index in [-0.39, 0.29) is 0 Å². The van der Waals surface area contributed by atoms with Crippen LogP contribution in [0.3, 0.4) is 0 Å². The van der Waals surface area contributed by atoms with Gasteiger partial charge in [0.15, 0.2) is 0 Å². The molecule has 0 aromatic rings. The fourth-order valence-electron chi connectivity index (χ4n) is 5.19. The summed E-state index contributed by atoms with van der Waals surface area (Å²) in [5, 5.41) is 0. The average molecular weight is 278 g/mol. The SMILES string of the molecule is NCC1(CN2CCC3(CCCC3)CC2)CCCCCC1. The molecular formula is C18H34N2. The molecule has 1 spiro atoms. The number of hydrogen-bond donors (Lipinski definition) is 1. The summed E-state index contributed by atoms with van der Waals surface area (Å²) in [5.74, 6) is 0. The minimum absolute atomic E-state index is 0.455. The van der Waals surface area contributed by atoms with E-state index in [1.165, 1.54) is 96.7 Å². The zero-order chi connectivity index (χ0) is 13.9. The van der Waals surface area contributed by atoms with Gasteiger partial charge in [0.1, 0.15) is 0 Å². The van der Waals surface area contributed by atoms with Crippen LogP contribution in [-0.2, 0) is 0 Å². The highest BCUT2D eigenvalue weighted by atomic mass is 15.1. The largest absolute Gasteiger partial charge is 0.330 e. The van der Waals surface area contributed by atoms with Crippen LogP contribution in [-0.4, -0.2) is 31.1 Å². The van der Waals surface area contributed by atoms with Gasteiger partial charge in [0.25, 0.3) is 0 Å². The molecular weight excluding hydrogens is 244 g/mol. The molecule has 3 fully saturated rings. The second-order valence-corrected chi connectivity index (χ2v) is 8.10. The van der Waals surface area contributed by atoms with Gasteiger partial charge < -0.3 is 10.6 Å². The molecule has 0 amide bonds. The Kier molecular flexibility index (Phi) is 4.72. The van der Waals surface area contributed by atoms with Crippen molar-refractivity contribution in [1.82, 2.24) is 4.90 Å². The van der Waals surface area contributed by atoms with Crippen LogP contribution in [0.5, 0.6) is 0 Å². The maximum atomic E-state index is 6.21. The van der Waals surface area contributed by atoms with Gasteiger partial charge in [0.05, 0.1) is 0 Å². The van der Waals surface area contributed by atoms with E-state index in [1.807, 2.05) is 0 Å². The molecule has 1 heterocycles. The molecule has 1 aliphatic heterocycles. The Hall–Kier alpha value is -0.0800. The van der Waals surface area contributed by atoms with Crippen molar-refractivity contribution in [3.63, 3.8) is 0 Å². The van der Waals surface area contributed by atoms with E-state index in [4.69, 9.17) is 5.73 Å². The third-order valence-electron chi connectivity index (χ3n) is 6.74. The number of rotatable bonds is 3. The lowest BCUT2D eigenvalue weighted by Crippen LogP contribution is -2.47. The summed E-state index contributed by atoms with van der Waals surface area (Å²) in [6, 6.07) is 0. The summed E-state index contributed by atoms with van der Waals surface area (Å²) in [4.78, 5) is 2.77. The van der Waals surface area contributed by atoms with Crippen molar-refractivity contribution in [3.8, 4) is 0 Å². The highest BCUT2D eigenvalue weighted by molar-refractivity contribution is 4.92. The van der Waals surface area contributed by atoms with Gasteiger partial charge in [-0.05, 0) is 69.0 Å². The van der Waals surface area contributed by atoms with Crippen molar-refractivity contribution in [2.75, 3.05) is 26.2 Å². The van der Waals surface area contributed by atoms with Crippen molar-refractivity contribution >= 4 is 0 Å². The van der Waals surface area contributed by atoms with Crippen LogP contribution in [0.2, 0.25) is 0 Å². The quantitative estimate of drug-likeness (QED) is 0.792. The van der Waals surface area contributed by atoms with Crippen molar-refractivity contribution < 1.29 is 0 Å². The third kappa shape index (κ3) is 3.22. The molecule has 0 atom stereocenters. The Bertz CT molecular complexity index is 289. The number of likely N-dealkylation sites (tertiary alicyclic amines) is 1. The van der Waals surface area contributed by atoms with Gasteiger partial charge >= 0.3 is 0 Å². The molecule has 0 aromatic heterocycles. The van der Waals surface area contributed by atoms with E-state index in [0.29, 0.717) is 5.41 Å². The minimum Gasteiger partial charge on any atom is -0.330 e. The predicted octanol–water partition coefficient (Wildman–Crippen LogP) is 3.94. The van der Waals surface area contributed by atoms with Crippen LogP contribution < -0.4 is 5.73 Å². The molecule has 20 heavy (non-hydrogen) atoms. The highest BCUT2D eigenvalue weighted by Gasteiger charge is 2.39. The van der Waals surface area contributed by atoms with Crippen molar-refractivity contribution in [1.29, 1.82) is 0 Å². The van der Waals surface area contributed by atoms with Gasteiger partial charge in [0, 0.05) is 6.54 Å². The molecule has 0 unspecified atom stereocenters. The van der Waals surface area contributed by atoms with Crippen LogP contribution in [0, 0.1) is 10.8 Å². The molecule has 2 nitrogen and oxygen atoms in total. The fraction of sp³-hybridized carbons (Fsp3) is 1.00. The maximum absolute atomic E-state index is 6.21. The molecule has 0 radical (unpaired) electrons. The van der Waals surface area contributed by atoms with E-state index in [2.05, 4.69) is 4.90 Å². The van der Waals surface area contributed by atoms with Gasteiger partial charge in [-0.15, -0.1) is 0 Å². The monoisotopic (exact) mass is 278 g/mol. The van der Waals surface area contributed by atoms with Crippen molar-refractivity contribution in [3.05, 3.63) is 0 Å². The Morgan fingerprint density at radius 2 is 1.25 bits per heavy atom. The number of piperidine rings is 1. The first-order valence-electron chi connectivity index (χ1n) is 9.19. The first-order chi connectivity index (χ1) is 9.76. The smallest absolute Gasteiger partial charge is 0.00501 e. The van der Waals surface area contributed by atoms with Gasteiger partial charge in [-0.3, -0.25) is 0 Å². The second kappa shape index (κ2) is 6.36. The van der Waals surface area contributed by atoms with E-state index in [0.717, 1.165) is 12.0 Å². The molecule has 2 heteroatoms. The zero-order valence-electron chi connectivity index (χ0n) is 13.3. The van der Waals surface area contributed by atoms with E-state index >= 15 is 0 Å². The van der Waals surface area contributed by atoms with E-state index in [1.54, 1.807) is 0 Å². The summed E-state index contributed by atoms with van der Waals surface area (Å²) in [7, 11) is 0. The minimum atomic E-state index is 0.455. The fourth-order valence-corrected chi connectivity index (χ4v) is 5.19. The van der Waals surface area contributed by atoms with Crippen LogP contribution in [0.15, 0.2) is 0 Å². The Labute approximate surface area is 125 Å². The molecule has 116 valence electrons. The molecule has 2 saturated carbocycles. The molecule has 3 aliphatic rings. The first kappa shape index (κ1) is 14.8. The lowest BCUT2D eigenvalue weighted by atomic mass is 9.75. The summed E-state index contributed by atoms with van der Waals surface area (Å²) in [6.45, 7) is 4.90. The lowest BCUT2D eigenvalue weighted by molar-refractivity contribution is 0.0636. The molecule has 3 rings (SSSR count). The van der Waals surface area contributed by atoms with E-state index in [9.17, 15) is 0 Å². The predicted molar refractivity (Wildman–Crippen MR) is 85.8 cm³/mol. The summed E-state index contributed by atoms with van der Waals surface area (Å²) in [6.07, 6.45) is 17.4. The van der Waals surface area contributed by atoms with Crippen LogP contribution in [0.4, 0.5) is 0 Å². The number of hydrogen-bond acceptors (Lipinski definition) is 2. The average Bonchev–Trinajstić information content (AvgIpc) is 2.80. The molecule has 0 bridgehead atoms. The molecule has 0 aromatic carbocycles. The van der Waals surface area contributed by atoms with Crippen molar-refractivity contribution in [2.24, 2.45) is 16.6 Å². The molecule has 2 N–H and O–H groups in total. The summed E-state index contributed by atoms with van der Waals surface area (Å²) >= 11 is 0. The van der Waals surface area contributed by atoms with Gasteiger partial charge in [-0.2, -0.15) is 0 Å². The van der Waals surface area contributed by atoms with Gasteiger partial charge in [0.2, 0.25) is 0 Å². The first-order valence-corrected chi connectivity index (χ1v) is 9.19. The number of nitrogens with zero attached hydrogens (tertiary/aromatic N) is 1. The third-order valence-corrected chi connectivity index (χ3v) is 6.74. The lowest BCUT2D eigenvalue weighted by Gasteiger charge is -2.44. The maximum Gasteiger partial charge on any atom is 0.00501 e. The number of nitrogens with two attached hydrogens (primary N) is 1. The standard InChI is InChI=1S/C18H34N2/c19-15-18(9-3-1-2-4-10-18)16-20-13-11-17(12-14-20)7-5-6-8-17/h1-16,19H2. The van der Waals surface area contributed by atoms with Crippen LogP contribution in [0.1, 0.15) is 77.0 Å². The Morgan fingerprint density at radius 3 is 1.80 bits per heavy atom. The van der Waals surface area contributed by atoms with Crippen molar-refractivity contribution in [2.45, 2.75) is 77.0 Å². The van der Waals surface area contributed by atoms with Gasteiger partial charge in [-0.25, -0.2) is 0 Å². The highest BCUT2D eigenvalue weighted by Crippen LogP contribution is 2.46. The van der Waals surface area contributed by atoms with E-state index < -0.39 is 0 Å². The zero-order valence-corrected chi connectivity index (χ0v) is 13.3. The van der Waals surface area contributed by atoms with Crippen LogP contribution in [0.25, 0.3) is 0 Å². The van der Waals surface area contributed by atoms with Crippen LogP contribution >= 0.6 is 0 Å². The topological polar surface area (TPSA) is 29.3 Å². The summed E-state index contributed by atoms with van der Waals surface area (Å²) < 4.78 is 0. The normalized spacial score (nSPS) is 30.4. The Morgan fingerprint density at radius 1 is 0.700 bits per heavy atom. The second-order valence-electron chi connectivity index (χ2n) is 8.10. The Balaban J connectivity index is 1.54.